The Morgan fingerprint density at radius 3 is 2.58 bits per heavy atom. The van der Waals surface area contributed by atoms with Crippen LogP contribution in [0.3, 0.4) is 0 Å². The van der Waals surface area contributed by atoms with Crippen molar-refractivity contribution in [3.05, 3.63) is 59.7 Å². The van der Waals surface area contributed by atoms with Crippen molar-refractivity contribution in [2.45, 2.75) is 74.6 Å². The number of pyridine rings is 1. The average Bonchev–Trinajstić information content (AvgIpc) is 2.83. The summed E-state index contributed by atoms with van der Waals surface area (Å²) in [7, 11) is -2.50. The highest BCUT2D eigenvalue weighted by atomic mass is 32.2. The minimum atomic E-state index is -2.50. The van der Waals surface area contributed by atoms with E-state index in [0.29, 0.717) is 19.5 Å². The van der Waals surface area contributed by atoms with E-state index in [-0.39, 0.29) is 17.8 Å². The molecule has 2 aromatic rings. The second-order valence-electron chi connectivity index (χ2n) is 8.74. The van der Waals surface area contributed by atoms with Crippen molar-refractivity contribution < 1.29 is 18.4 Å². The average molecular weight is 494 g/mol. The lowest BCUT2D eigenvalue weighted by Gasteiger charge is -2.38. The second-order valence-corrected chi connectivity index (χ2v) is 10.6. The summed E-state index contributed by atoms with van der Waals surface area (Å²) in [5, 5.41) is 3.26. The zero-order valence-corrected chi connectivity index (χ0v) is 20.9. The van der Waals surface area contributed by atoms with Crippen molar-refractivity contribution in [1.29, 1.82) is 0 Å². The summed E-state index contributed by atoms with van der Waals surface area (Å²) >= 11 is 1.85. The molecule has 1 saturated carbocycles. The molecule has 1 heterocycles. The molecule has 0 radical (unpaired) electrons. The van der Waals surface area contributed by atoms with Crippen molar-refractivity contribution in [2.24, 2.45) is 0 Å². The molecule has 1 aromatic carbocycles. The first-order valence-corrected chi connectivity index (χ1v) is 14.0. The Morgan fingerprint density at radius 2 is 1.88 bits per heavy atom. The number of benzene rings is 1. The summed E-state index contributed by atoms with van der Waals surface area (Å²) in [6.07, 6.45) is 12.5. The number of halogens is 1. The highest BCUT2D eigenvalue weighted by molar-refractivity contribution is 7.99. The molecule has 0 bridgehead atoms. The van der Waals surface area contributed by atoms with E-state index in [9.17, 15) is 8.96 Å². The fourth-order valence-corrected chi connectivity index (χ4v) is 5.79. The van der Waals surface area contributed by atoms with E-state index in [0.717, 1.165) is 11.4 Å². The van der Waals surface area contributed by atoms with Gasteiger partial charge in [0, 0.05) is 22.2 Å². The Labute approximate surface area is 201 Å². The standard InChI is InChI=1S/C25H34FN2O3PS/c26-22-9-7-21(8-10-22)25(13-2-1-3-14-25)15-4-5-18-33-24-12-11-23(28-20-24)19-27-16-6-17-31-32(29)30/h7-12,20,27H,1-6,13-19H2/p+1. The molecule has 0 amide bonds. The Morgan fingerprint density at radius 1 is 1.09 bits per heavy atom. The van der Waals surface area contributed by atoms with Crippen LogP contribution < -0.4 is 5.32 Å². The van der Waals surface area contributed by atoms with Crippen LogP contribution in [-0.4, -0.2) is 28.8 Å². The number of nitrogens with zero attached hydrogens (tertiary/aromatic N) is 1. The van der Waals surface area contributed by atoms with Gasteiger partial charge in [0.05, 0.1) is 5.69 Å². The molecule has 8 heteroatoms. The lowest BCUT2D eigenvalue weighted by Crippen LogP contribution is -2.29. The van der Waals surface area contributed by atoms with Crippen LogP contribution >= 0.6 is 20.0 Å². The largest absolute Gasteiger partial charge is 0.694 e. The van der Waals surface area contributed by atoms with Crippen molar-refractivity contribution >= 4 is 20.0 Å². The zero-order chi connectivity index (χ0) is 23.4. The van der Waals surface area contributed by atoms with Gasteiger partial charge >= 0.3 is 8.25 Å². The maximum atomic E-state index is 13.4. The van der Waals surface area contributed by atoms with Gasteiger partial charge in [-0.2, -0.15) is 0 Å². The molecular formula is C25H35FN2O3PS+. The number of unbranched alkanes of at least 4 members (excludes halogenated alkanes) is 1. The Hall–Kier alpha value is -1.37. The molecule has 3 rings (SSSR count). The van der Waals surface area contributed by atoms with Crippen LogP contribution in [-0.2, 0) is 21.0 Å². The van der Waals surface area contributed by atoms with Gasteiger partial charge in [-0.25, -0.2) is 4.39 Å². The highest BCUT2D eigenvalue weighted by Crippen LogP contribution is 2.43. The second kappa shape index (κ2) is 14.1. The third-order valence-electron chi connectivity index (χ3n) is 6.39. The molecule has 1 unspecified atom stereocenters. The lowest BCUT2D eigenvalue weighted by molar-refractivity contribution is 0.267. The number of hydrogen-bond acceptors (Lipinski definition) is 5. The summed E-state index contributed by atoms with van der Waals surface area (Å²) in [4.78, 5) is 14.3. The monoisotopic (exact) mass is 493 g/mol. The Kier molecular flexibility index (Phi) is 11.2. The van der Waals surface area contributed by atoms with Gasteiger partial charge in [-0.3, -0.25) is 4.98 Å². The Balaban J connectivity index is 1.35. The maximum Gasteiger partial charge on any atom is 0.694 e. The highest BCUT2D eigenvalue weighted by Gasteiger charge is 2.33. The number of thioether (sulfide) groups is 1. The fourth-order valence-electron chi connectivity index (χ4n) is 4.63. The maximum absolute atomic E-state index is 13.4. The van der Waals surface area contributed by atoms with E-state index in [1.165, 1.54) is 61.8 Å². The van der Waals surface area contributed by atoms with Gasteiger partial charge < -0.3 is 5.32 Å². The predicted molar refractivity (Wildman–Crippen MR) is 132 cm³/mol. The summed E-state index contributed by atoms with van der Waals surface area (Å²) in [5.74, 6) is 0.926. The molecule has 2 N–H and O–H groups in total. The first-order chi connectivity index (χ1) is 16.1. The topological polar surface area (TPSA) is 71.5 Å². The van der Waals surface area contributed by atoms with E-state index >= 15 is 0 Å². The van der Waals surface area contributed by atoms with Crippen molar-refractivity contribution in [3.63, 3.8) is 0 Å². The fraction of sp³-hybridized carbons (Fsp3) is 0.560. The number of rotatable bonds is 14. The number of nitrogens with one attached hydrogen (secondary N) is 1. The predicted octanol–water partition coefficient (Wildman–Crippen LogP) is 6.53. The molecule has 0 aliphatic heterocycles. The van der Waals surface area contributed by atoms with Crippen molar-refractivity contribution in [3.8, 4) is 0 Å². The minimum absolute atomic E-state index is 0.150. The van der Waals surface area contributed by atoms with Gasteiger partial charge in [0.15, 0.2) is 0 Å². The third kappa shape index (κ3) is 9.06. The smallest absolute Gasteiger partial charge is 0.311 e. The normalized spacial score (nSPS) is 16.0. The first kappa shape index (κ1) is 26.2. The van der Waals surface area contributed by atoms with Gasteiger partial charge in [0.1, 0.15) is 12.4 Å². The van der Waals surface area contributed by atoms with Gasteiger partial charge in [-0.05, 0) is 79.6 Å². The molecule has 1 fully saturated rings. The molecule has 5 nitrogen and oxygen atoms in total. The Bertz CT molecular complexity index is 846. The molecule has 1 atom stereocenters. The van der Waals surface area contributed by atoms with E-state index in [2.05, 4.69) is 20.9 Å². The van der Waals surface area contributed by atoms with Crippen molar-refractivity contribution in [1.82, 2.24) is 10.3 Å². The van der Waals surface area contributed by atoms with Crippen LogP contribution in [0.5, 0.6) is 0 Å². The molecule has 1 aliphatic rings. The van der Waals surface area contributed by atoms with Gasteiger partial charge in [0.2, 0.25) is 0 Å². The van der Waals surface area contributed by atoms with Crippen LogP contribution in [0.15, 0.2) is 47.5 Å². The van der Waals surface area contributed by atoms with E-state index < -0.39 is 8.25 Å². The molecule has 1 aromatic heterocycles. The molecule has 0 spiro atoms. The van der Waals surface area contributed by atoms with Crippen LogP contribution in [0, 0.1) is 5.82 Å². The van der Waals surface area contributed by atoms with Crippen LogP contribution in [0.1, 0.15) is 69.0 Å². The summed E-state index contributed by atoms with van der Waals surface area (Å²) in [6.45, 7) is 1.65. The van der Waals surface area contributed by atoms with Gasteiger partial charge in [0.25, 0.3) is 0 Å². The minimum Gasteiger partial charge on any atom is -0.311 e. The van der Waals surface area contributed by atoms with Gasteiger partial charge in [-0.15, -0.1) is 21.2 Å². The quantitative estimate of drug-likeness (QED) is 0.177. The first-order valence-electron chi connectivity index (χ1n) is 11.9. The van der Waals surface area contributed by atoms with Gasteiger partial charge in [-0.1, -0.05) is 37.8 Å². The van der Waals surface area contributed by atoms with Crippen molar-refractivity contribution in [2.75, 3.05) is 18.9 Å². The third-order valence-corrected chi connectivity index (χ3v) is 7.86. The number of hydrogen-bond donors (Lipinski definition) is 2. The SMILES string of the molecule is O=[P+](O)OCCCNCc1ccc(SCCCCC2(c3ccc(F)cc3)CCCCC2)cn1. The molecule has 180 valence electrons. The van der Waals surface area contributed by atoms with Crippen LogP contribution in [0.25, 0.3) is 0 Å². The van der Waals surface area contributed by atoms with E-state index in [4.69, 9.17) is 4.89 Å². The summed E-state index contributed by atoms with van der Waals surface area (Å²) < 4.78 is 28.5. The van der Waals surface area contributed by atoms with Crippen LogP contribution in [0.4, 0.5) is 4.39 Å². The molecule has 1 aliphatic carbocycles. The van der Waals surface area contributed by atoms with E-state index in [1.807, 2.05) is 36.2 Å². The molecule has 0 saturated heterocycles. The lowest BCUT2D eigenvalue weighted by atomic mass is 9.67. The zero-order valence-electron chi connectivity index (χ0n) is 19.2. The van der Waals surface area contributed by atoms with E-state index in [1.54, 1.807) is 12.1 Å². The van der Waals surface area contributed by atoms with Crippen LogP contribution in [0.2, 0.25) is 0 Å². The molecular weight excluding hydrogens is 458 g/mol. The molecule has 33 heavy (non-hydrogen) atoms. The number of aromatic nitrogens is 1. The summed E-state index contributed by atoms with van der Waals surface area (Å²) in [5.41, 5.74) is 2.53. The summed E-state index contributed by atoms with van der Waals surface area (Å²) in [6, 6.07) is 11.4.